The Labute approximate surface area is 399 Å². The molecule has 7 amide bonds. The lowest BCUT2D eigenvalue weighted by Gasteiger charge is -2.30. The van der Waals surface area contributed by atoms with Crippen molar-refractivity contribution in [1.82, 2.24) is 36.4 Å². The van der Waals surface area contributed by atoms with E-state index in [2.05, 4.69) is 33.5 Å². The number of likely N-dealkylation sites (N-methyl/N-ethyl adjacent to an activating group) is 2. The lowest BCUT2D eigenvalue weighted by molar-refractivity contribution is -0.142. The van der Waals surface area contributed by atoms with Crippen molar-refractivity contribution in [1.29, 1.82) is 0 Å². The molecule has 3 rings (SSSR count). The maximum absolute atomic E-state index is 14.1. The molecule has 0 radical (unpaired) electrons. The van der Waals surface area contributed by atoms with Gasteiger partial charge in [0.2, 0.25) is 41.4 Å². The van der Waals surface area contributed by atoms with E-state index in [1.165, 1.54) is 129 Å². The molecule has 1 aliphatic rings. The van der Waals surface area contributed by atoms with Gasteiger partial charge in [0.1, 0.15) is 47.8 Å². The van der Waals surface area contributed by atoms with E-state index >= 15 is 0 Å². The number of rotatable bonds is 25. The van der Waals surface area contributed by atoms with Crippen LogP contribution in [0.1, 0.15) is 135 Å². The lowest BCUT2D eigenvalue weighted by Crippen LogP contribution is -2.56. The van der Waals surface area contributed by atoms with Crippen LogP contribution in [-0.4, -0.2) is 135 Å². The van der Waals surface area contributed by atoms with Gasteiger partial charge in [-0.05, 0) is 62.6 Å². The zero-order valence-corrected chi connectivity index (χ0v) is 40.4. The minimum Gasteiger partial charge on any atom is -0.507 e. The third kappa shape index (κ3) is 17.1. The smallest absolute Gasteiger partial charge is 0.325 e. The number of aliphatic carboxylic acids is 1. The SMILES string of the molecule is CCCCCCCCCCCCCCCC(=O)N(C)[C@H](CO)C(=O)N[C@H](C)C(=O)NCC(=O)N(C)[C@@H]1C(=O)N[C@@H](C)C(=O)N[C@H](C(=O)N[C@H](C)C(=O)O)Cc2ccc(O)c(c2)-c2cc1ccc2O. The predicted molar refractivity (Wildman–Crippen MR) is 254 cm³/mol. The first kappa shape index (κ1) is 56.1. The molecule has 4 bridgehead atoms. The first-order chi connectivity index (χ1) is 32.3. The van der Waals surface area contributed by atoms with Gasteiger partial charge in [-0.25, -0.2) is 0 Å². The third-order valence-electron chi connectivity index (χ3n) is 12.3. The second-order valence-corrected chi connectivity index (χ2v) is 17.7. The maximum Gasteiger partial charge on any atom is 0.325 e. The molecule has 9 N–H and O–H groups in total. The van der Waals surface area contributed by atoms with Crippen LogP contribution in [0.15, 0.2) is 36.4 Å². The van der Waals surface area contributed by atoms with E-state index in [0.717, 1.165) is 29.1 Å². The summed E-state index contributed by atoms with van der Waals surface area (Å²) in [4.78, 5) is 108. The molecule has 0 saturated heterocycles. The number of amides is 7. The summed E-state index contributed by atoms with van der Waals surface area (Å²) in [5.74, 6) is -7.19. The normalized spacial score (nSPS) is 17.2. The summed E-state index contributed by atoms with van der Waals surface area (Å²) in [6.07, 6.45) is 15.0. The molecule has 2 aromatic carbocycles. The predicted octanol–water partition coefficient (Wildman–Crippen LogP) is 3.32. The van der Waals surface area contributed by atoms with Crippen LogP contribution in [0.3, 0.4) is 0 Å². The highest BCUT2D eigenvalue weighted by atomic mass is 16.4. The Morgan fingerprint density at radius 3 is 1.85 bits per heavy atom. The van der Waals surface area contributed by atoms with E-state index < -0.39 is 90.8 Å². The Balaban J connectivity index is 1.65. The van der Waals surface area contributed by atoms with E-state index in [0.29, 0.717) is 12.0 Å². The number of hydrogen-bond donors (Lipinski definition) is 9. The summed E-state index contributed by atoms with van der Waals surface area (Å²) in [7, 11) is 2.68. The molecule has 0 fully saturated rings. The van der Waals surface area contributed by atoms with E-state index in [-0.39, 0.29) is 46.9 Å². The first-order valence-electron chi connectivity index (χ1n) is 23.8. The highest BCUT2D eigenvalue weighted by molar-refractivity contribution is 5.97. The van der Waals surface area contributed by atoms with Crippen molar-refractivity contribution < 1.29 is 58.8 Å². The van der Waals surface area contributed by atoms with Crippen LogP contribution >= 0.6 is 0 Å². The molecule has 0 aromatic heterocycles. The number of phenolic OH excluding ortho intramolecular Hbond substituents is 2. The second kappa shape index (κ2) is 28.2. The first-order valence-corrected chi connectivity index (χ1v) is 23.8. The molecule has 19 heteroatoms. The van der Waals surface area contributed by atoms with Gasteiger partial charge in [0.25, 0.3) is 0 Å². The number of benzene rings is 2. The van der Waals surface area contributed by atoms with Crippen LogP contribution in [0.25, 0.3) is 11.1 Å². The quantitative estimate of drug-likeness (QED) is 0.0649. The highest BCUT2D eigenvalue weighted by Gasteiger charge is 2.34. The number of hydrogen-bond acceptors (Lipinski definition) is 11. The molecule has 1 aliphatic heterocycles. The summed E-state index contributed by atoms with van der Waals surface area (Å²) in [5, 5.41) is 53.6. The van der Waals surface area contributed by atoms with Crippen molar-refractivity contribution in [3.63, 3.8) is 0 Å². The van der Waals surface area contributed by atoms with Gasteiger partial charge < -0.3 is 56.8 Å². The minimum atomic E-state index is -1.51. The van der Waals surface area contributed by atoms with Crippen molar-refractivity contribution in [2.45, 2.75) is 160 Å². The van der Waals surface area contributed by atoms with Crippen LogP contribution in [-0.2, 0) is 44.8 Å². The van der Waals surface area contributed by atoms with Crippen molar-refractivity contribution in [2.24, 2.45) is 0 Å². The summed E-state index contributed by atoms with van der Waals surface area (Å²) >= 11 is 0. The molecular formula is C49H73N7O12. The molecular weight excluding hydrogens is 879 g/mol. The minimum absolute atomic E-state index is 0.0427. The van der Waals surface area contributed by atoms with Gasteiger partial charge in [0.15, 0.2) is 0 Å². The number of unbranched alkanes of at least 4 members (excludes halogenated alkanes) is 12. The van der Waals surface area contributed by atoms with Crippen molar-refractivity contribution in [3.05, 3.63) is 47.5 Å². The molecule has 1 heterocycles. The van der Waals surface area contributed by atoms with E-state index in [4.69, 9.17) is 0 Å². The molecule has 19 nitrogen and oxygen atoms in total. The number of carboxylic acids is 1. The largest absolute Gasteiger partial charge is 0.507 e. The Morgan fingerprint density at radius 2 is 1.28 bits per heavy atom. The van der Waals surface area contributed by atoms with Gasteiger partial charge in [-0.2, -0.15) is 0 Å². The average molecular weight is 952 g/mol. The Kier molecular flexibility index (Phi) is 23.2. The van der Waals surface area contributed by atoms with Crippen LogP contribution in [0.2, 0.25) is 0 Å². The summed E-state index contributed by atoms with van der Waals surface area (Å²) in [6.45, 7) is 4.78. The Morgan fingerprint density at radius 1 is 0.721 bits per heavy atom. The Hall–Kier alpha value is -6.24. The van der Waals surface area contributed by atoms with Gasteiger partial charge in [-0.15, -0.1) is 0 Å². The number of nitrogens with zero attached hydrogens (tertiary/aromatic N) is 2. The molecule has 2 aromatic rings. The number of aliphatic hydroxyl groups is 1. The van der Waals surface area contributed by atoms with Crippen molar-refractivity contribution in [3.8, 4) is 22.6 Å². The molecule has 6 atom stereocenters. The number of aliphatic hydroxyl groups excluding tert-OH is 1. The van der Waals surface area contributed by atoms with Crippen molar-refractivity contribution in [2.75, 3.05) is 27.2 Å². The fraction of sp³-hybridized carbons (Fsp3) is 0.592. The summed E-state index contributed by atoms with van der Waals surface area (Å²) < 4.78 is 0. The lowest BCUT2D eigenvalue weighted by atomic mass is 9.93. The molecule has 0 aliphatic carbocycles. The topological polar surface area (TPSA) is 284 Å². The third-order valence-corrected chi connectivity index (χ3v) is 12.3. The standard InChI is InChI=1S/C49H73N7O12/c1-7-8-9-10-11-12-13-14-15-16-17-18-19-20-41(60)55(5)38(29-57)47(65)51-30(2)44(62)50-28-42(61)56(6)43-34-22-24-40(59)36(27-34)35-25-33(21-23-39(35)58)26-37(46(64)53-32(4)49(67)68)54-45(63)31(3)52-48(43)66/h21-25,27,30-32,37-38,43,57-59H,7-20,26,28-29H2,1-6H3,(H,50,62)(H,51,65)(H,52,66)(H,53,64)(H,54,63)(H,67,68)/t30-,31+,32-,37+,38-,43+/m1/s1. The van der Waals surface area contributed by atoms with E-state index in [9.17, 15) is 58.8 Å². The van der Waals surface area contributed by atoms with Crippen LogP contribution in [0.4, 0.5) is 0 Å². The Bertz CT molecular complexity index is 2060. The number of fused-ring (bicyclic) bond motifs is 5. The van der Waals surface area contributed by atoms with Gasteiger partial charge in [-0.3, -0.25) is 38.4 Å². The zero-order chi connectivity index (χ0) is 50.5. The van der Waals surface area contributed by atoms with Crippen molar-refractivity contribution >= 4 is 47.3 Å². The van der Waals surface area contributed by atoms with Gasteiger partial charge in [-0.1, -0.05) is 96.1 Å². The monoisotopic (exact) mass is 952 g/mol. The second-order valence-electron chi connectivity index (χ2n) is 17.7. The van der Waals surface area contributed by atoms with Gasteiger partial charge >= 0.3 is 5.97 Å². The highest BCUT2D eigenvalue weighted by Crippen LogP contribution is 2.38. The van der Waals surface area contributed by atoms with E-state index in [1.807, 2.05) is 0 Å². The maximum atomic E-state index is 14.1. The number of carbonyl (C=O) groups is 8. The zero-order valence-electron chi connectivity index (χ0n) is 40.4. The fourth-order valence-electron chi connectivity index (χ4n) is 7.88. The van der Waals surface area contributed by atoms with Crippen LogP contribution in [0.5, 0.6) is 11.5 Å². The molecule has 0 unspecified atom stereocenters. The molecule has 0 saturated carbocycles. The molecule has 376 valence electrons. The van der Waals surface area contributed by atoms with Gasteiger partial charge in [0, 0.05) is 38.1 Å². The average Bonchev–Trinajstić information content (AvgIpc) is 3.30. The number of phenols is 2. The number of carboxylic acid groups (broad SMARTS) is 1. The van der Waals surface area contributed by atoms with Gasteiger partial charge in [0.05, 0.1) is 13.2 Å². The fourth-order valence-corrected chi connectivity index (χ4v) is 7.88. The van der Waals surface area contributed by atoms with Crippen LogP contribution < -0.4 is 26.6 Å². The summed E-state index contributed by atoms with van der Waals surface area (Å²) in [5.41, 5.74) is 0.649. The number of nitrogens with one attached hydrogen (secondary N) is 5. The van der Waals surface area contributed by atoms with Crippen LogP contribution in [0, 0.1) is 0 Å². The summed E-state index contributed by atoms with van der Waals surface area (Å²) in [6, 6.07) is 0.240. The number of aromatic hydroxyl groups is 2. The number of carbonyl (C=O) groups excluding carboxylic acids is 7. The van der Waals surface area contributed by atoms with E-state index in [1.54, 1.807) is 0 Å². The molecule has 0 spiro atoms. The molecule has 68 heavy (non-hydrogen) atoms.